The summed E-state index contributed by atoms with van der Waals surface area (Å²) in [6.45, 7) is 7.61. The molecular formula is C18H26N2O5S. The monoisotopic (exact) mass is 382 g/mol. The predicted molar refractivity (Wildman–Crippen MR) is 98.1 cm³/mol. The number of nitrogens with zero attached hydrogens (tertiary/aromatic N) is 1. The van der Waals surface area contributed by atoms with E-state index in [0.29, 0.717) is 24.7 Å². The van der Waals surface area contributed by atoms with Crippen LogP contribution in [0.1, 0.15) is 32.8 Å². The largest absolute Gasteiger partial charge is 0.455 e. The van der Waals surface area contributed by atoms with Gasteiger partial charge in [-0.2, -0.15) is 4.31 Å². The lowest BCUT2D eigenvalue weighted by Crippen LogP contribution is -2.30. The van der Waals surface area contributed by atoms with Gasteiger partial charge in [-0.15, -0.1) is 0 Å². The van der Waals surface area contributed by atoms with Crippen LogP contribution < -0.4 is 5.32 Å². The summed E-state index contributed by atoms with van der Waals surface area (Å²) in [6, 6.07) is 4.60. The molecule has 1 fully saturated rings. The van der Waals surface area contributed by atoms with E-state index in [9.17, 15) is 18.0 Å². The van der Waals surface area contributed by atoms with Gasteiger partial charge in [0, 0.05) is 18.8 Å². The number of carbonyl (C=O) groups excluding carboxylic acids is 2. The first-order valence-corrected chi connectivity index (χ1v) is 10.2. The molecule has 144 valence electrons. The Balaban J connectivity index is 2.07. The van der Waals surface area contributed by atoms with Gasteiger partial charge < -0.3 is 10.1 Å². The summed E-state index contributed by atoms with van der Waals surface area (Å²) in [5, 5.41) is 2.62. The maximum Gasteiger partial charge on any atom is 0.309 e. The van der Waals surface area contributed by atoms with E-state index in [-0.39, 0.29) is 23.4 Å². The fourth-order valence-corrected chi connectivity index (χ4v) is 4.17. The summed E-state index contributed by atoms with van der Waals surface area (Å²) in [6.07, 6.45) is 0.796. The maximum absolute atomic E-state index is 12.6. The summed E-state index contributed by atoms with van der Waals surface area (Å²) in [5.41, 5.74) is 1.11. The minimum Gasteiger partial charge on any atom is -0.455 e. The molecule has 1 aliphatic rings. The van der Waals surface area contributed by atoms with Crippen molar-refractivity contribution in [3.05, 3.63) is 23.8 Å². The van der Waals surface area contributed by atoms with Crippen LogP contribution in [0.3, 0.4) is 0 Å². The Morgan fingerprint density at radius 3 is 2.42 bits per heavy atom. The molecule has 0 radical (unpaired) electrons. The molecule has 2 atom stereocenters. The van der Waals surface area contributed by atoms with Gasteiger partial charge in [-0.1, -0.05) is 26.8 Å². The van der Waals surface area contributed by atoms with Crippen LogP contribution >= 0.6 is 0 Å². The number of esters is 1. The second-order valence-corrected chi connectivity index (χ2v) is 8.48. The van der Waals surface area contributed by atoms with Gasteiger partial charge in [0.1, 0.15) is 0 Å². The molecule has 0 bridgehead atoms. The average molecular weight is 382 g/mol. The topological polar surface area (TPSA) is 92.8 Å². The Hall–Kier alpha value is -1.93. The summed E-state index contributed by atoms with van der Waals surface area (Å²) in [7, 11) is -3.61. The molecular weight excluding hydrogens is 356 g/mol. The third kappa shape index (κ3) is 4.62. The first-order chi connectivity index (χ1) is 12.2. The number of nitrogens with one attached hydrogen (secondary N) is 1. The van der Waals surface area contributed by atoms with Crippen molar-refractivity contribution >= 4 is 27.6 Å². The minimum atomic E-state index is -3.61. The Morgan fingerprint density at radius 1 is 1.27 bits per heavy atom. The molecule has 1 aromatic carbocycles. The molecule has 0 saturated heterocycles. The first-order valence-electron chi connectivity index (χ1n) is 8.78. The summed E-state index contributed by atoms with van der Waals surface area (Å²) in [4.78, 5) is 23.8. The number of amides is 1. The van der Waals surface area contributed by atoms with Crippen LogP contribution in [-0.4, -0.2) is 44.3 Å². The summed E-state index contributed by atoms with van der Waals surface area (Å²) >= 11 is 0. The quantitative estimate of drug-likeness (QED) is 0.696. The number of hydrogen-bond donors (Lipinski definition) is 1. The Morgan fingerprint density at radius 2 is 1.88 bits per heavy atom. The van der Waals surface area contributed by atoms with Crippen molar-refractivity contribution in [1.29, 1.82) is 0 Å². The van der Waals surface area contributed by atoms with Crippen LogP contribution in [0.25, 0.3) is 0 Å². The van der Waals surface area contributed by atoms with Crippen LogP contribution in [0.4, 0.5) is 5.69 Å². The maximum atomic E-state index is 12.6. The molecule has 1 aromatic rings. The third-order valence-corrected chi connectivity index (χ3v) is 6.63. The number of carbonyl (C=O) groups is 2. The standard InChI is InChI=1S/C18H26N2O5S/c1-5-20(6-2)26(23,24)14-8-7-12(3)16(10-14)19-17(21)11-25-18(22)15-9-13(15)4/h7-8,10,13,15H,5-6,9,11H2,1-4H3,(H,19,21)/t13-,15-/m1/s1. The Bertz CT molecular complexity index is 787. The van der Waals surface area contributed by atoms with E-state index in [1.54, 1.807) is 26.8 Å². The van der Waals surface area contributed by atoms with Crippen molar-refractivity contribution in [2.24, 2.45) is 11.8 Å². The van der Waals surface area contributed by atoms with Gasteiger partial charge in [0.2, 0.25) is 10.0 Å². The third-order valence-electron chi connectivity index (χ3n) is 4.58. The van der Waals surface area contributed by atoms with Crippen molar-refractivity contribution < 1.29 is 22.7 Å². The highest BCUT2D eigenvalue weighted by molar-refractivity contribution is 7.89. The van der Waals surface area contributed by atoms with Gasteiger partial charge in [0.25, 0.3) is 5.91 Å². The molecule has 1 saturated carbocycles. The minimum absolute atomic E-state index is 0.105. The SMILES string of the molecule is CCN(CC)S(=O)(=O)c1ccc(C)c(NC(=O)COC(=O)[C@@H]2C[C@H]2C)c1. The smallest absolute Gasteiger partial charge is 0.309 e. The molecule has 0 heterocycles. The molecule has 2 rings (SSSR count). The summed E-state index contributed by atoms with van der Waals surface area (Å²) < 4.78 is 31.6. The lowest BCUT2D eigenvalue weighted by atomic mass is 10.2. The van der Waals surface area contributed by atoms with Crippen LogP contribution in [0, 0.1) is 18.8 Å². The fraction of sp³-hybridized carbons (Fsp3) is 0.556. The lowest BCUT2D eigenvalue weighted by molar-refractivity contribution is -0.148. The van der Waals surface area contributed by atoms with Crippen LogP contribution in [0.15, 0.2) is 23.1 Å². The van der Waals surface area contributed by atoms with E-state index in [1.165, 1.54) is 16.4 Å². The van der Waals surface area contributed by atoms with E-state index >= 15 is 0 Å². The number of sulfonamides is 1. The molecule has 1 amide bonds. The van der Waals surface area contributed by atoms with E-state index in [0.717, 1.165) is 12.0 Å². The zero-order valence-corrected chi connectivity index (χ0v) is 16.4. The van der Waals surface area contributed by atoms with Gasteiger partial charge in [-0.05, 0) is 37.0 Å². The molecule has 7 nitrogen and oxygen atoms in total. The Kier molecular flexibility index (Phi) is 6.41. The van der Waals surface area contributed by atoms with Crippen molar-refractivity contribution in [3.63, 3.8) is 0 Å². The molecule has 8 heteroatoms. The van der Waals surface area contributed by atoms with Crippen LogP contribution in [0.2, 0.25) is 0 Å². The van der Waals surface area contributed by atoms with E-state index in [1.807, 2.05) is 6.92 Å². The molecule has 0 aromatic heterocycles. The highest BCUT2D eigenvalue weighted by Crippen LogP contribution is 2.38. The van der Waals surface area contributed by atoms with Crippen LogP contribution in [0.5, 0.6) is 0 Å². The fourth-order valence-electron chi connectivity index (χ4n) is 2.69. The van der Waals surface area contributed by atoms with Gasteiger partial charge in [0.05, 0.1) is 10.8 Å². The molecule has 0 spiro atoms. The number of aryl methyl sites for hydroxylation is 1. The average Bonchev–Trinajstić information content (AvgIpc) is 3.32. The lowest BCUT2D eigenvalue weighted by Gasteiger charge is -2.19. The highest BCUT2D eigenvalue weighted by atomic mass is 32.2. The van der Waals surface area contributed by atoms with Gasteiger partial charge >= 0.3 is 5.97 Å². The van der Waals surface area contributed by atoms with E-state index in [2.05, 4.69) is 5.32 Å². The number of benzene rings is 1. The van der Waals surface area contributed by atoms with E-state index in [4.69, 9.17) is 4.74 Å². The molecule has 1 N–H and O–H groups in total. The highest BCUT2D eigenvalue weighted by Gasteiger charge is 2.40. The van der Waals surface area contributed by atoms with E-state index < -0.39 is 15.9 Å². The first kappa shape index (κ1) is 20.4. The molecule has 26 heavy (non-hydrogen) atoms. The molecule has 0 aliphatic heterocycles. The second kappa shape index (κ2) is 8.18. The van der Waals surface area contributed by atoms with Crippen LogP contribution in [-0.2, 0) is 24.3 Å². The number of rotatable bonds is 8. The van der Waals surface area contributed by atoms with Crippen molar-refractivity contribution in [2.45, 2.75) is 39.0 Å². The number of ether oxygens (including phenoxy) is 1. The second-order valence-electron chi connectivity index (χ2n) is 6.54. The molecule has 1 aliphatic carbocycles. The zero-order chi connectivity index (χ0) is 19.5. The van der Waals surface area contributed by atoms with Gasteiger partial charge in [-0.3, -0.25) is 9.59 Å². The van der Waals surface area contributed by atoms with Crippen molar-refractivity contribution in [2.75, 3.05) is 25.0 Å². The molecule has 0 unspecified atom stereocenters. The van der Waals surface area contributed by atoms with Crippen molar-refractivity contribution in [1.82, 2.24) is 4.31 Å². The van der Waals surface area contributed by atoms with Gasteiger partial charge in [-0.25, -0.2) is 8.42 Å². The van der Waals surface area contributed by atoms with Gasteiger partial charge in [0.15, 0.2) is 6.61 Å². The summed E-state index contributed by atoms with van der Waals surface area (Å²) in [5.74, 6) is -0.642. The predicted octanol–water partition coefficient (Wildman–Crippen LogP) is 2.16. The number of anilines is 1. The van der Waals surface area contributed by atoms with Crippen molar-refractivity contribution in [3.8, 4) is 0 Å². The Labute approximate surface area is 154 Å². The normalized spacial score (nSPS) is 19.3. The zero-order valence-electron chi connectivity index (χ0n) is 15.6. The number of hydrogen-bond acceptors (Lipinski definition) is 5.